The number of ether oxygens (including phenoxy) is 2. The van der Waals surface area contributed by atoms with E-state index in [1.165, 1.54) is 12.0 Å². The minimum atomic E-state index is -0.317. The summed E-state index contributed by atoms with van der Waals surface area (Å²) >= 11 is 0. The molecule has 2 aromatic heterocycles. The van der Waals surface area contributed by atoms with Crippen LogP contribution in [0.15, 0.2) is 97.1 Å². The zero-order valence-corrected chi connectivity index (χ0v) is 44.4. The largest absolute Gasteiger partial charge is 0.508 e. The standard InChI is InChI=1S/C61H70N8O6/c1-41-53(60(73)69(48-16-18-51(70)19-17-48)56-34-49(36-62)63(5)42(56)2)35-57(64(41)6)54-32-45-22-25-67(58(71)30-43-14-20-52(21-15-43)74-28-26-66-27-29-75-61(3,4)40-66)37-47(45)33-55(54)59(72)68-38-46-13-9-8-12-44(46)31-50(68)39-65-23-10-7-11-24-65/h8-9,12-21,32-35,50,70H,7,10-11,22-31,37-40H2,1-6H3/t50-/m0/s1. The number of anilines is 2. The number of amides is 3. The highest BCUT2D eigenvalue weighted by Crippen LogP contribution is 2.39. The minimum Gasteiger partial charge on any atom is -0.508 e. The second-order valence-corrected chi connectivity index (χ2v) is 21.6. The van der Waals surface area contributed by atoms with Gasteiger partial charge in [-0.05, 0) is 155 Å². The number of aromatic nitrogens is 2. The quantitative estimate of drug-likeness (QED) is 0.120. The van der Waals surface area contributed by atoms with Crippen molar-refractivity contribution in [1.82, 2.24) is 28.7 Å². The van der Waals surface area contributed by atoms with Gasteiger partial charge in [0.2, 0.25) is 5.91 Å². The number of morpholine rings is 1. The Balaban J connectivity index is 0.970. The van der Waals surface area contributed by atoms with Crippen LogP contribution in [-0.4, -0.2) is 122 Å². The number of rotatable bonds is 13. The van der Waals surface area contributed by atoms with Crippen molar-refractivity contribution in [2.75, 3.05) is 63.9 Å². The molecule has 0 saturated carbocycles. The Morgan fingerprint density at radius 3 is 2.27 bits per heavy atom. The van der Waals surface area contributed by atoms with E-state index in [1.54, 1.807) is 46.8 Å². The molecule has 6 aromatic rings. The number of carbonyl (C=O) groups is 3. The van der Waals surface area contributed by atoms with Gasteiger partial charge in [0.15, 0.2) is 0 Å². The molecule has 0 spiro atoms. The van der Waals surface area contributed by atoms with E-state index in [-0.39, 0.29) is 41.5 Å². The molecule has 2 saturated heterocycles. The van der Waals surface area contributed by atoms with Gasteiger partial charge in [0, 0.05) is 99.8 Å². The van der Waals surface area contributed by atoms with Gasteiger partial charge in [-0.3, -0.25) is 24.2 Å². The normalized spacial score (nSPS) is 17.7. The second kappa shape index (κ2) is 21.6. The Bertz CT molecular complexity index is 3140. The molecular formula is C61H70N8O6. The fraction of sp³-hybridized carbons (Fsp3) is 0.410. The first-order valence-corrected chi connectivity index (χ1v) is 26.6. The predicted octanol–water partition coefficient (Wildman–Crippen LogP) is 8.87. The third-order valence-electron chi connectivity index (χ3n) is 16.1. The first-order chi connectivity index (χ1) is 36.1. The van der Waals surface area contributed by atoms with Gasteiger partial charge in [0.1, 0.15) is 29.9 Å². The van der Waals surface area contributed by atoms with E-state index >= 15 is 9.59 Å². The van der Waals surface area contributed by atoms with Gasteiger partial charge in [-0.1, -0.05) is 42.8 Å². The molecule has 4 aromatic carbocycles. The first-order valence-electron chi connectivity index (χ1n) is 26.6. The van der Waals surface area contributed by atoms with E-state index in [9.17, 15) is 15.2 Å². The Morgan fingerprint density at radius 2 is 1.55 bits per heavy atom. The predicted molar refractivity (Wildman–Crippen MR) is 290 cm³/mol. The molecule has 3 amide bonds. The van der Waals surface area contributed by atoms with Gasteiger partial charge in [-0.15, -0.1) is 0 Å². The van der Waals surface area contributed by atoms with Crippen LogP contribution in [0.25, 0.3) is 11.3 Å². The SMILES string of the molecule is Cc1c(N(C(=O)c2cc(-c3cc4c(cc3C(=O)N3Cc5ccccc5C[C@H]3CN3CCCCC3)CN(C(=O)Cc3ccc(OCCN5CCOC(C)(C)C5)cc3)CC4)n(C)c2C)c2ccc(O)cc2)cc(C#N)n1C. The van der Waals surface area contributed by atoms with Crippen molar-refractivity contribution in [3.63, 3.8) is 0 Å². The molecule has 390 valence electrons. The summed E-state index contributed by atoms with van der Waals surface area (Å²) in [4.78, 5) is 55.7. The highest BCUT2D eigenvalue weighted by molar-refractivity contribution is 6.13. The highest BCUT2D eigenvalue weighted by Gasteiger charge is 2.36. The molecule has 6 heterocycles. The van der Waals surface area contributed by atoms with Crippen LogP contribution < -0.4 is 9.64 Å². The minimum absolute atomic E-state index is 0.0189. The van der Waals surface area contributed by atoms with Crippen molar-refractivity contribution in [3.8, 4) is 28.8 Å². The summed E-state index contributed by atoms with van der Waals surface area (Å²) < 4.78 is 15.7. The molecule has 0 bridgehead atoms. The zero-order valence-electron chi connectivity index (χ0n) is 44.4. The Kier molecular flexibility index (Phi) is 14.8. The maximum atomic E-state index is 15.8. The lowest BCUT2D eigenvalue weighted by Gasteiger charge is -2.41. The number of phenolic OH excluding ortho intramolecular Hbond substituents is 1. The number of fused-ring (bicyclic) bond motifs is 2. The maximum absolute atomic E-state index is 15.8. The van der Waals surface area contributed by atoms with Gasteiger partial charge >= 0.3 is 0 Å². The van der Waals surface area contributed by atoms with Crippen molar-refractivity contribution < 1.29 is 29.0 Å². The number of aromatic hydroxyl groups is 1. The second-order valence-electron chi connectivity index (χ2n) is 21.6. The molecule has 4 aliphatic rings. The van der Waals surface area contributed by atoms with Crippen molar-refractivity contribution in [3.05, 3.63) is 153 Å². The third-order valence-corrected chi connectivity index (χ3v) is 16.1. The zero-order chi connectivity index (χ0) is 52.5. The van der Waals surface area contributed by atoms with Gasteiger partial charge < -0.3 is 38.4 Å². The summed E-state index contributed by atoms with van der Waals surface area (Å²) in [5.41, 5.74) is 10.5. The van der Waals surface area contributed by atoms with Crippen LogP contribution in [0.3, 0.4) is 0 Å². The molecule has 14 heteroatoms. The van der Waals surface area contributed by atoms with E-state index < -0.39 is 0 Å². The van der Waals surface area contributed by atoms with Crippen LogP contribution in [-0.2, 0) is 56.0 Å². The lowest BCUT2D eigenvalue weighted by molar-refractivity contribution is -0.131. The van der Waals surface area contributed by atoms with E-state index in [1.807, 2.05) is 72.8 Å². The van der Waals surface area contributed by atoms with Crippen molar-refractivity contribution in [2.24, 2.45) is 14.1 Å². The van der Waals surface area contributed by atoms with Crippen LogP contribution in [0.5, 0.6) is 11.5 Å². The van der Waals surface area contributed by atoms with E-state index in [0.29, 0.717) is 66.6 Å². The van der Waals surface area contributed by atoms with Gasteiger partial charge in [0.25, 0.3) is 11.8 Å². The molecule has 1 N–H and O–H groups in total. The number of likely N-dealkylation sites (tertiary alicyclic amines) is 1. The van der Waals surface area contributed by atoms with E-state index in [2.05, 4.69) is 58.9 Å². The molecule has 0 radical (unpaired) electrons. The van der Waals surface area contributed by atoms with Crippen molar-refractivity contribution >= 4 is 29.1 Å². The van der Waals surface area contributed by atoms with Crippen molar-refractivity contribution in [1.29, 1.82) is 5.26 Å². The Hall–Kier alpha value is -7.18. The number of benzene rings is 4. The molecular weight excluding hydrogens is 941 g/mol. The smallest absolute Gasteiger partial charge is 0.264 e. The lowest BCUT2D eigenvalue weighted by Crippen LogP contribution is -2.51. The fourth-order valence-corrected chi connectivity index (χ4v) is 11.7. The lowest BCUT2D eigenvalue weighted by atomic mass is 9.89. The number of hydrogen-bond donors (Lipinski definition) is 1. The van der Waals surface area contributed by atoms with Crippen LogP contribution in [0, 0.1) is 25.2 Å². The Morgan fingerprint density at radius 1 is 0.800 bits per heavy atom. The van der Waals surface area contributed by atoms with Gasteiger partial charge in [0.05, 0.1) is 29.9 Å². The summed E-state index contributed by atoms with van der Waals surface area (Å²) in [6.45, 7) is 16.1. The average Bonchev–Trinajstić information content (AvgIpc) is 3.88. The van der Waals surface area contributed by atoms with E-state index in [4.69, 9.17) is 9.47 Å². The number of piperidine rings is 1. The number of hydrogen-bond acceptors (Lipinski definition) is 9. The van der Waals surface area contributed by atoms with Crippen LogP contribution in [0.2, 0.25) is 0 Å². The van der Waals surface area contributed by atoms with Crippen LogP contribution in [0.4, 0.5) is 11.4 Å². The molecule has 1 atom stereocenters. The van der Waals surface area contributed by atoms with Crippen LogP contribution in [0.1, 0.15) is 98.7 Å². The third kappa shape index (κ3) is 10.9. The summed E-state index contributed by atoms with van der Waals surface area (Å²) in [5, 5.41) is 20.3. The summed E-state index contributed by atoms with van der Waals surface area (Å²) in [7, 11) is 3.73. The van der Waals surface area contributed by atoms with Crippen molar-refractivity contribution in [2.45, 2.75) is 91.0 Å². The average molecular weight is 1010 g/mol. The summed E-state index contributed by atoms with van der Waals surface area (Å²) in [5.74, 6) is 0.461. The highest BCUT2D eigenvalue weighted by atomic mass is 16.5. The molecule has 2 fully saturated rings. The monoisotopic (exact) mass is 1010 g/mol. The molecule has 14 nitrogen and oxygen atoms in total. The Labute approximate surface area is 441 Å². The molecule has 75 heavy (non-hydrogen) atoms. The maximum Gasteiger partial charge on any atom is 0.264 e. The van der Waals surface area contributed by atoms with Gasteiger partial charge in [-0.2, -0.15) is 5.26 Å². The molecule has 0 unspecified atom stereocenters. The summed E-state index contributed by atoms with van der Waals surface area (Å²) in [6.07, 6.45) is 5.12. The van der Waals surface area contributed by atoms with Gasteiger partial charge in [-0.25, -0.2) is 0 Å². The van der Waals surface area contributed by atoms with E-state index in [0.717, 1.165) is 110 Å². The number of phenols is 1. The number of nitrogens with zero attached hydrogens (tertiary/aromatic N) is 8. The fourth-order valence-electron chi connectivity index (χ4n) is 11.7. The number of carbonyl (C=O) groups excluding carboxylic acids is 3. The summed E-state index contributed by atoms with van der Waals surface area (Å²) in [6, 6.07) is 32.7. The molecule has 4 aliphatic heterocycles. The molecule has 0 aliphatic carbocycles. The van der Waals surface area contributed by atoms with Crippen LogP contribution >= 0.6 is 0 Å². The number of nitriles is 1. The molecule has 10 rings (SSSR count). The first kappa shape index (κ1) is 51.3. The topological polar surface area (TPSA) is 140 Å².